The lowest BCUT2D eigenvalue weighted by atomic mass is 10.0. The SMILES string of the molecule is CC(C)NC(=O)O[C@@H]1CC[C@H](c2cc(Nc3cncc(N(C)C)n3)n[nH]2)C1. The van der Waals surface area contributed by atoms with Crippen molar-refractivity contribution in [1.82, 2.24) is 25.5 Å². The minimum atomic E-state index is -0.345. The van der Waals surface area contributed by atoms with Crippen molar-refractivity contribution >= 4 is 23.5 Å². The highest BCUT2D eigenvalue weighted by Gasteiger charge is 2.30. The predicted octanol–water partition coefficient (Wildman–Crippen LogP) is 2.78. The van der Waals surface area contributed by atoms with Crippen LogP contribution in [0.2, 0.25) is 0 Å². The Bertz CT molecular complexity index is 775. The summed E-state index contributed by atoms with van der Waals surface area (Å²) < 4.78 is 5.49. The van der Waals surface area contributed by atoms with E-state index in [0.29, 0.717) is 17.6 Å². The Kier molecular flexibility index (Phi) is 5.78. The van der Waals surface area contributed by atoms with Gasteiger partial charge in [0.1, 0.15) is 11.9 Å². The number of amides is 1. The summed E-state index contributed by atoms with van der Waals surface area (Å²) in [7, 11) is 3.83. The highest BCUT2D eigenvalue weighted by Crippen LogP contribution is 2.36. The molecule has 2 atom stereocenters. The van der Waals surface area contributed by atoms with E-state index < -0.39 is 0 Å². The first kappa shape index (κ1) is 18.9. The first-order valence-electron chi connectivity index (χ1n) is 9.19. The van der Waals surface area contributed by atoms with E-state index in [-0.39, 0.29) is 18.2 Å². The van der Waals surface area contributed by atoms with E-state index in [1.54, 1.807) is 12.4 Å². The predicted molar refractivity (Wildman–Crippen MR) is 103 cm³/mol. The van der Waals surface area contributed by atoms with Gasteiger partial charge in [-0.1, -0.05) is 0 Å². The fraction of sp³-hybridized carbons (Fsp3) is 0.556. The van der Waals surface area contributed by atoms with Crippen LogP contribution in [0, 0.1) is 0 Å². The third kappa shape index (κ3) is 5.08. The van der Waals surface area contributed by atoms with Gasteiger partial charge in [0, 0.05) is 37.8 Å². The Labute approximate surface area is 158 Å². The van der Waals surface area contributed by atoms with Gasteiger partial charge in [0.05, 0.1) is 12.4 Å². The number of carbonyl (C=O) groups is 1. The van der Waals surface area contributed by atoms with Crippen LogP contribution in [0.25, 0.3) is 0 Å². The smallest absolute Gasteiger partial charge is 0.407 e. The molecular weight excluding hydrogens is 346 g/mol. The molecule has 1 aliphatic carbocycles. The zero-order valence-corrected chi connectivity index (χ0v) is 16.2. The lowest BCUT2D eigenvalue weighted by molar-refractivity contribution is 0.0981. The van der Waals surface area contributed by atoms with Gasteiger partial charge in [-0.05, 0) is 33.1 Å². The zero-order chi connectivity index (χ0) is 19.4. The van der Waals surface area contributed by atoms with E-state index >= 15 is 0 Å². The van der Waals surface area contributed by atoms with Crippen molar-refractivity contribution in [3.8, 4) is 0 Å². The summed E-state index contributed by atoms with van der Waals surface area (Å²) in [5.74, 6) is 2.39. The Morgan fingerprint density at radius 1 is 1.30 bits per heavy atom. The molecule has 9 nitrogen and oxygen atoms in total. The lowest BCUT2D eigenvalue weighted by Gasteiger charge is -2.14. The molecule has 1 fully saturated rings. The molecule has 2 heterocycles. The Morgan fingerprint density at radius 2 is 2.11 bits per heavy atom. The number of aromatic nitrogens is 4. The minimum Gasteiger partial charge on any atom is -0.446 e. The second-order valence-electron chi connectivity index (χ2n) is 7.33. The second-order valence-corrected chi connectivity index (χ2v) is 7.33. The number of nitrogens with one attached hydrogen (secondary N) is 3. The van der Waals surface area contributed by atoms with Crippen LogP contribution in [-0.4, -0.2) is 52.5 Å². The summed E-state index contributed by atoms with van der Waals surface area (Å²) in [5.41, 5.74) is 1.03. The summed E-state index contributed by atoms with van der Waals surface area (Å²) in [4.78, 5) is 22.3. The van der Waals surface area contributed by atoms with Gasteiger partial charge in [-0.2, -0.15) is 5.10 Å². The van der Waals surface area contributed by atoms with Crippen LogP contribution in [-0.2, 0) is 4.74 Å². The average molecular weight is 373 g/mol. The fourth-order valence-corrected chi connectivity index (χ4v) is 3.12. The van der Waals surface area contributed by atoms with E-state index in [4.69, 9.17) is 4.74 Å². The van der Waals surface area contributed by atoms with Crippen LogP contribution >= 0.6 is 0 Å². The number of anilines is 3. The third-order valence-corrected chi connectivity index (χ3v) is 4.44. The quantitative estimate of drug-likeness (QED) is 0.714. The number of aromatic amines is 1. The van der Waals surface area contributed by atoms with Gasteiger partial charge < -0.3 is 20.3 Å². The molecule has 3 rings (SSSR count). The number of nitrogens with zero attached hydrogens (tertiary/aromatic N) is 4. The van der Waals surface area contributed by atoms with Gasteiger partial charge in [0.15, 0.2) is 11.6 Å². The van der Waals surface area contributed by atoms with Gasteiger partial charge in [0.25, 0.3) is 0 Å². The van der Waals surface area contributed by atoms with Crippen LogP contribution in [0.1, 0.15) is 44.7 Å². The van der Waals surface area contributed by atoms with Crippen molar-refractivity contribution in [2.75, 3.05) is 24.3 Å². The average Bonchev–Trinajstić information content (AvgIpc) is 3.23. The maximum atomic E-state index is 11.8. The van der Waals surface area contributed by atoms with Crippen LogP contribution in [0.5, 0.6) is 0 Å². The lowest BCUT2D eigenvalue weighted by Crippen LogP contribution is -2.33. The summed E-state index contributed by atoms with van der Waals surface area (Å²) in [6, 6.07) is 2.05. The van der Waals surface area contributed by atoms with Gasteiger partial charge in [0.2, 0.25) is 0 Å². The highest BCUT2D eigenvalue weighted by molar-refractivity contribution is 5.67. The first-order valence-corrected chi connectivity index (χ1v) is 9.19. The highest BCUT2D eigenvalue weighted by atomic mass is 16.6. The van der Waals surface area contributed by atoms with E-state index in [1.807, 2.05) is 38.9 Å². The first-order chi connectivity index (χ1) is 12.9. The van der Waals surface area contributed by atoms with Crippen LogP contribution in [0.3, 0.4) is 0 Å². The molecule has 0 bridgehead atoms. The number of hydrogen-bond donors (Lipinski definition) is 3. The minimum absolute atomic E-state index is 0.0592. The molecule has 146 valence electrons. The number of ether oxygens (including phenoxy) is 1. The molecule has 2 aromatic rings. The molecule has 0 saturated heterocycles. The van der Waals surface area contributed by atoms with E-state index in [2.05, 4.69) is 30.8 Å². The Hall–Kier alpha value is -2.84. The van der Waals surface area contributed by atoms with Crippen molar-refractivity contribution in [2.24, 2.45) is 0 Å². The number of rotatable bonds is 6. The summed E-state index contributed by atoms with van der Waals surface area (Å²) in [6.07, 6.45) is 5.57. The number of alkyl carbamates (subject to hydrolysis) is 1. The van der Waals surface area contributed by atoms with Crippen molar-refractivity contribution in [2.45, 2.75) is 51.2 Å². The van der Waals surface area contributed by atoms with Crippen LogP contribution < -0.4 is 15.5 Å². The second kappa shape index (κ2) is 8.24. The topological polar surface area (TPSA) is 108 Å². The van der Waals surface area contributed by atoms with Gasteiger partial charge in [-0.15, -0.1) is 0 Å². The van der Waals surface area contributed by atoms with E-state index in [1.165, 1.54) is 0 Å². The summed E-state index contributed by atoms with van der Waals surface area (Å²) in [5, 5.41) is 13.3. The largest absolute Gasteiger partial charge is 0.446 e. The molecule has 1 saturated carbocycles. The number of carbonyl (C=O) groups excluding carboxylic acids is 1. The van der Waals surface area contributed by atoms with Crippen molar-refractivity contribution < 1.29 is 9.53 Å². The molecule has 0 aliphatic heterocycles. The molecule has 1 aliphatic rings. The Balaban J connectivity index is 1.57. The molecule has 2 aromatic heterocycles. The van der Waals surface area contributed by atoms with Gasteiger partial charge in [-0.3, -0.25) is 10.1 Å². The van der Waals surface area contributed by atoms with Gasteiger partial charge in [-0.25, -0.2) is 9.78 Å². The van der Waals surface area contributed by atoms with Crippen molar-refractivity contribution in [1.29, 1.82) is 0 Å². The molecule has 3 N–H and O–H groups in total. The third-order valence-electron chi connectivity index (χ3n) is 4.44. The maximum absolute atomic E-state index is 11.8. The molecule has 0 unspecified atom stereocenters. The fourth-order valence-electron chi connectivity index (χ4n) is 3.12. The maximum Gasteiger partial charge on any atom is 0.407 e. The number of H-pyrrole nitrogens is 1. The normalized spacial score (nSPS) is 19.1. The van der Waals surface area contributed by atoms with Crippen molar-refractivity contribution in [3.63, 3.8) is 0 Å². The monoisotopic (exact) mass is 373 g/mol. The van der Waals surface area contributed by atoms with Crippen LogP contribution in [0.4, 0.5) is 22.2 Å². The molecule has 0 radical (unpaired) electrons. The Morgan fingerprint density at radius 3 is 2.85 bits per heavy atom. The zero-order valence-electron chi connectivity index (χ0n) is 16.2. The molecule has 9 heteroatoms. The van der Waals surface area contributed by atoms with Gasteiger partial charge >= 0.3 is 6.09 Å². The molecule has 1 amide bonds. The van der Waals surface area contributed by atoms with E-state index in [0.717, 1.165) is 30.8 Å². The molecular formula is C18H27N7O2. The summed E-state index contributed by atoms with van der Waals surface area (Å²) >= 11 is 0. The van der Waals surface area contributed by atoms with Crippen molar-refractivity contribution in [3.05, 3.63) is 24.2 Å². The number of hydrogen-bond acceptors (Lipinski definition) is 7. The summed E-state index contributed by atoms with van der Waals surface area (Å²) in [6.45, 7) is 3.83. The van der Waals surface area contributed by atoms with E-state index in [9.17, 15) is 4.79 Å². The molecule has 0 aromatic carbocycles. The molecule has 27 heavy (non-hydrogen) atoms. The van der Waals surface area contributed by atoms with Crippen LogP contribution in [0.15, 0.2) is 18.5 Å². The molecule has 0 spiro atoms. The standard InChI is InChI=1S/C18H27N7O2/c1-11(2)20-18(26)27-13-6-5-12(7-13)14-8-15(24-23-14)21-16-9-19-10-17(22-16)25(3)4/h8-13H,5-7H2,1-4H3,(H,20,26)(H2,21,22,23,24)/t12-,13+/m0/s1.